The predicted octanol–water partition coefficient (Wildman–Crippen LogP) is 1.67. The summed E-state index contributed by atoms with van der Waals surface area (Å²) in [6.45, 7) is 4.72. The van der Waals surface area contributed by atoms with Gasteiger partial charge in [0.15, 0.2) is 0 Å². The summed E-state index contributed by atoms with van der Waals surface area (Å²) < 4.78 is 5.62. The summed E-state index contributed by atoms with van der Waals surface area (Å²) in [4.78, 5) is 49.0. The summed E-state index contributed by atoms with van der Waals surface area (Å²) in [5, 5.41) is 19.0. The van der Waals surface area contributed by atoms with Gasteiger partial charge in [0.05, 0.1) is 18.2 Å². The first-order valence-corrected chi connectivity index (χ1v) is 12.8. The number of nitrogens with one attached hydrogen (secondary N) is 3. The van der Waals surface area contributed by atoms with E-state index in [2.05, 4.69) is 16.0 Å². The Kier molecular flexibility index (Phi) is 7.22. The number of rotatable bonds is 10. The van der Waals surface area contributed by atoms with Crippen LogP contribution < -0.4 is 16.0 Å². The minimum atomic E-state index is -0.840. The first kappa shape index (κ1) is 24.9. The van der Waals surface area contributed by atoms with Crippen LogP contribution in [0.15, 0.2) is 0 Å². The van der Waals surface area contributed by atoms with Crippen LogP contribution in [0.1, 0.15) is 71.6 Å². The minimum absolute atomic E-state index is 0.101. The molecule has 0 aromatic heterocycles. The van der Waals surface area contributed by atoms with E-state index in [1.54, 1.807) is 0 Å². The standard InChI is InChI=1S/C25H39N3O6/c1-15(2)5-20(22(31)27-19(12-29)7-18-3-4-26-21(18)30)28-23(32)34-14-24-8-16-6-17(9-24)11-25(33,10-16)13-24/h12,15-20,33H,3-11,13-14H2,1-2H3,(H,26,30)(H,27,31)(H,28,32)/t16?,17?,18-,19+,20+,24?,25?/m1/s1. The van der Waals surface area contributed by atoms with Crippen molar-refractivity contribution in [1.82, 2.24) is 16.0 Å². The molecule has 1 saturated heterocycles. The molecule has 1 aliphatic heterocycles. The van der Waals surface area contributed by atoms with E-state index in [4.69, 9.17) is 4.74 Å². The highest BCUT2D eigenvalue weighted by molar-refractivity contribution is 5.88. The second-order valence-electron chi connectivity index (χ2n) is 11.9. The molecule has 5 aliphatic rings. The van der Waals surface area contributed by atoms with Gasteiger partial charge in [-0.15, -0.1) is 0 Å². The average Bonchev–Trinajstić information content (AvgIpc) is 3.13. The molecule has 5 atom stereocenters. The Balaban J connectivity index is 1.31. The quantitative estimate of drug-likeness (QED) is 0.354. The Morgan fingerprint density at radius 2 is 1.91 bits per heavy atom. The van der Waals surface area contributed by atoms with Crippen molar-refractivity contribution in [2.24, 2.45) is 29.1 Å². The highest BCUT2D eigenvalue weighted by atomic mass is 16.5. The maximum absolute atomic E-state index is 12.9. The molecule has 5 fully saturated rings. The maximum Gasteiger partial charge on any atom is 0.407 e. The van der Waals surface area contributed by atoms with E-state index in [9.17, 15) is 24.3 Å². The number of aliphatic hydroxyl groups is 1. The van der Waals surface area contributed by atoms with E-state index >= 15 is 0 Å². The Morgan fingerprint density at radius 3 is 2.47 bits per heavy atom. The molecule has 0 aromatic rings. The van der Waals surface area contributed by atoms with E-state index in [1.165, 1.54) is 0 Å². The van der Waals surface area contributed by atoms with E-state index in [-0.39, 0.29) is 36.2 Å². The van der Waals surface area contributed by atoms with Gasteiger partial charge in [-0.05, 0) is 75.5 Å². The lowest BCUT2D eigenvalue weighted by Crippen LogP contribution is -2.57. The van der Waals surface area contributed by atoms with Gasteiger partial charge in [0.2, 0.25) is 11.8 Å². The predicted molar refractivity (Wildman–Crippen MR) is 124 cm³/mol. The Labute approximate surface area is 201 Å². The molecule has 2 unspecified atom stereocenters. The van der Waals surface area contributed by atoms with E-state index in [0.29, 0.717) is 43.9 Å². The number of ether oxygens (including phenoxy) is 1. The molecule has 9 heteroatoms. The molecule has 0 radical (unpaired) electrons. The average molecular weight is 478 g/mol. The molecule has 190 valence electrons. The summed E-state index contributed by atoms with van der Waals surface area (Å²) in [5.74, 6) is 0.274. The molecular formula is C25H39N3O6. The number of carbonyl (C=O) groups excluding carboxylic acids is 4. The monoisotopic (exact) mass is 477 g/mol. The molecule has 0 spiro atoms. The maximum atomic E-state index is 12.9. The molecule has 3 amide bonds. The smallest absolute Gasteiger partial charge is 0.407 e. The van der Waals surface area contributed by atoms with Crippen molar-refractivity contribution in [3.05, 3.63) is 0 Å². The van der Waals surface area contributed by atoms with Crippen LogP contribution in [-0.4, -0.2) is 60.1 Å². The molecule has 34 heavy (non-hydrogen) atoms. The zero-order valence-corrected chi connectivity index (χ0v) is 20.3. The van der Waals surface area contributed by atoms with Crippen LogP contribution in [0.2, 0.25) is 0 Å². The third-order valence-electron chi connectivity index (χ3n) is 8.17. The molecular weight excluding hydrogens is 438 g/mol. The fourth-order valence-electron chi connectivity index (χ4n) is 7.28. The van der Waals surface area contributed by atoms with E-state index < -0.39 is 29.7 Å². The van der Waals surface area contributed by atoms with Gasteiger partial charge >= 0.3 is 6.09 Å². The van der Waals surface area contributed by atoms with Gasteiger partial charge in [-0.1, -0.05) is 13.8 Å². The first-order chi connectivity index (χ1) is 16.1. The lowest BCUT2D eigenvalue weighted by molar-refractivity contribution is -0.175. The zero-order valence-electron chi connectivity index (χ0n) is 20.3. The van der Waals surface area contributed by atoms with Gasteiger partial charge in [-0.3, -0.25) is 9.59 Å². The van der Waals surface area contributed by atoms with Crippen molar-refractivity contribution in [2.75, 3.05) is 13.2 Å². The van der Waals surface area contributed by atoms with Gasteiger partial charge < -0.3 is 30.6 Å². The van der Waals surface area contributed by atoms with Gasteiger partial charge in [0, 0.05) is 17.9 Å². The number of amides is 3. The third-order valence-corrected chi connectivity index (χ3v) is 8.17. The van der Waals surface area contributed by atoms with E-state index in [1.807, 2.05) is 13.8 Å². The van der Waals surface area contributed by atoms with Gasteiger partial charge in [0.1, 0.15) is 12.3 Å². The summed E-state index contributed by atoms with van der Waals surface area (Å²) >= 11 is 0. The fraction of sp³-hybridized carbons (Fsp3) is 0.840. The van der Waals surface area contributed by atoms with Crippen LogP contribution in [0, 0.1) is 29.1 Å². The first-order valence-electron chi connectivity index (χ1n) is 12.8. The normalized spacial score (nSPS) is 35.5. The highest BCUT2D eigenvalue weighted by Crippen LogP contribution is 2.61. The topological polar surface area (TPSA) is 134 Å². The Morgan fingerprint density at radius 1 is 1.21 bits per heavy atom. The van der Waals surface area contributed by atoms with Crippen LogP contribution in [0.25, 0.3) is 0 Å². The number of aldehydes is 1. The Hall–Kier alpha value is -2.16. The fourth-order valence-corrected chi connectivity index (χ4v) is 7.28. The molecule has 4 aliphatic carbocycles. The molecule has 1 heterocycles. The van der Waals surface area contributed by atoms with Gasteiger partial charge in [-0.2, -0.15) is 0 Å². The third kappa shape index (κ3) is 5.73. The van der Waals surface area contributed by atoms with Crippen molar-refractivity contribution in [1.29, 1.82) is 0 Å². The minimum Gasteiger partial charge on any atom is -0.449 e. The van der Waals surface area contributed by atoms with Crippen molar-refractivity contribution >= 4 is 24.2 Å². The number of hydrogen-bond acceptors (Lipinski definition) is 6. The highest BCUT2D eigenvalue weighted by Gasteiger charge is 2.57. The van der Waals surface area contributed by atoms with Crippen molar-refractivity contribution in [3.63, 3.8) is 0 Å². The SMILES string of the molecule is CC(C)C[C@H](NC(=O)OCC12CC3CC(CC(O)(C3)C1)C2)C(=O)N[C@H](C=O)C[C@H]1CCNC1=O. The zero-order chi connectivity index (χ0) is 24.5. The van der Waals surface area contributed by atoms with Crippen LogP contribution in [0.4, 0.5) is 4.79 Å². The summed E-state index contributed by atoms with van der Waals surface area (Å²) in [5.41, 5.74) is -0.791. The molecule has 4 saturated carbocycles. The molecule has 4 bridgehead atoms. The van der Waals surface area contributed by atoms with Crippen molar-refractivity contribution < 1.29 is 29.0 Å². The van der Waals surface area contributed by atoms with Crippen LogP contribution in [-0.2, 0) is 19.1 Å². The van der Waals surface area contributed by atoms with Gasteiger partial charge in [0.25, 0.3) is 0 Å². The number of hydrogen-bond donors (Lipinski definition) is 4. The largest absolute Gasteiger partial charge is 0.449 e. The lowest BCUT2D eigenvalue weighted by atomic mass is 9.48. The summed E-state index contributed by atoms with van der Waals surface area (Å²) in [6.07, 6.45) is 6.77. The second-order valence-corrected chi connectivity index (χ2v) is 11.9. The second kappa shape index (κ2) is 9.84. The number of carbonyl (C=O) groups is 4. The molecule has 0 aromatic carbocycles. The van der Waals surface area contributed by atoms with E-state index in [0.717, 1.165) is 32.1 Å². The molecule has 4 N–H and O–H groups in total. The lowest BCUT2D eigenvalue weighted by Gasteiger charge is -2.59. The van der Waals surface area contributed by atoms with Crippen LogP contribution in [0.5, 0.6) is 0 Å². The molecule has 5 rings (SSSR count). The Bertz CT molecular complexity index is 800. The van der Waals surface area contributed by atoms with Crippen molar-refractivity contribution in [2.45, 2.75) is 89.3 Å². The summed E-state index contributed by atoms with van der Waals surface area (Å²) in [6, 6.07) is -1.63. The summed E-state index contributed by atoms with van der Waals surface area (Å²) in [7, 11) is 0. The van der Waals surface area contributed by atoms with Crippen LogP contribution >= 0.6 is 0 Å². The molecule has 9 nitrogen and oxygen atoms in total. The number of alkyl carbamates (subject to hydrolysis) is 1. The van der Waals surface area contributed by atoms with Gasteiger partial charge in [-0.25, -0.2) is 4.79 Å². The van der Waals surface area contributed by atoms with Crippen molar-refractivity contribution in [3.8, 4) is 0 Å². The van der Waals surface area contributed by atoms with Crippen LogP contribution in [0.3, 0.4) is 0 Å².